The van der Waals surface area contributed by atoms with E-state index in [1.807, 2.05) is 0 Å². The fourth-order valence-electron chi connectivity index (χ4n) is 0. The zero-order chi connectivity index (χ0) is 3.41. The molecule has 0 fully saturated rings. The summed E-state index contributed by atoms with van der Waals surface area (Å²) >= 11 is 4.36. The maximum Gasteiger partial charge on any atom is 0.374 e. The van der Waals surface area contributed by atoms with Crippen LogP contribution in [-0.2, 0) is 4.43 Å². The Hall–Kier alpha value is 0.237. The van der Waals surface area contributed by atoms with Gasteiger partial charge in [0.05, 0.1) is 7.11 Å². The molecule has 0 heterocycles. The maximum absolute atomic E-state index is 4.38. The first kappa shape index (κ1) is 4.24. The molecule has 0 aromatic heterocycles. The SMILES string of the molecule is CO[Si]=S. The topological polar surface area (TPSA) is 9.23 Å². The quantitative estimate of drug-likeness (QED) is 0.431. The minimum atomic E-state index is 0.224. The molecule has 0 rings (SSSR count). The van der Waals surface area contributed by atoms with Gasteiger partial charge in [-0.1, -0.05) is 11.6 Å². The highest BCUT2D eigenvalue weighted by Gasteiger charge is 1.47. The first-order valence-electron chi connectivity index (χ1n) is 0.816. The van der Waals surface area contributed by atoms with Gasteiger partial charge < -0.3 is 4.43 Å². The van der Waals surface area contributed by atoms with Crippen LogP contribution in [0.1, 0.15) is 0 Å². The van der Waals surface area contributed by atoms with Gasteiger partial charge in [-0.15, -0.1) is 0 Å². The summed E-state index contributed by atoms with van der Waals surface area (Å²) in [5, 5.41) is 0. The van der Waals surface area contributed by atoms with Gasteiger partial charge in [0.2, 0.25) is 0 Å². The van der Waals surface area contributed by atoms with Gasteiger partial charge in [0.25, 0.3) is 0 Å². The molecule has 1 nitrogen and oxygen atoms in total. The molecule has 3 heteroatoms. The van der Waals surface area contributed by atoms with Crippen LogP contribution in [-0.4, -0.2) is 15.6 Å². The smallest absolute Gasteiger partial charge is 0.374 e. The molecule has 23 valence electrons. The van der Waals surface area contributed by atoms with E-state index in [-0.39, 0.29) is 8.47 Å². The molecule has 0 spiro atoms. The van der Waals surface area contributed by atoms with Crippen LogP contribution in [0.25, 0.3) is 0 Å². The van der Waals surface area contributed by atoms with Crippen molar-refractivity contribution in [2.75, 3.05) is 7.11 Å². The predicted octanol–water partition coefficient (Wildman–Crippen LogP) is 0.364. The van der Waals surface area contributed by atoms with Crippen LogP contribution in [0, 0.1) is 0 Å². The highest BCUT2D eigenvalue weighted by atomic mass is 32.2. The third-order valence-electron chi connectivity index (χ3n) is 0.0833. The van der Waals surface area contributed by atoms with Crippen LogP contribution < -0.4 is 0 Å². The van der Waals surface area contributed by atoms with E-state index < -0.39 is 0 Å². The highest BCUT2D eigenvalue weighted by molar-refractivity contribution is 7.85. The second kappa shape index (κ2) is 3.24. The molecule has 0 bridgehead atoms. The van der Waals surface area contributed by atoms with Crippen LogP contribution in [0.5, 0.6) is 0 Å². The van der Waals surface area contributed by atoms with Crippen LogP contribution in [0.15, 0.2) is 0 Å². The monoisotopic (exact) mass is 91.0 g/mol. The van der Waals surface area contributed by atoms with E-state index in [1.165, 1.54) is 0 Å². The Balaban J connectivity index is 2.30. The molecule has 0 saturated carbocycles. The van der Waals surface area contributed by atoms with Gasteiger partial charge in [0.1, 0.15) is 0 Å². The van der Waals surface area contributed by atoms with E-state index in [1.54, 1.807) is 7.11 Å². The van der Waals surface area contributed by atoms with Crippen LogP contribution in [0.4, 0.5) is 0 Å². The van der Waals surface area contributed by atoms with Crippen molar-refractivity contribution in [2.24, 2.45) is 0 Å². The summed E-state index contributed by atoms with van der Waals surface area (Å²) < 4.78 is 4.38. The van der Waals surface area contributed by atoms with Crippen LogP contribution in [0.3, 0.4) is 0 Å². The van der Waals surface area contributed by atoms with Gasteiger partial charge in [-0.25, -0.2) is 0 Å². The largest absolute Gasteiger partial charge is 0.543 e. The first-order valence-corrected chi connectivity index (χ1v) is 2.86. The van der Waals surface area contributed by atoms with Crippen molar-refractivity contribution < 1.29 is 4.43 Å². The Labute approximate surface area is 32.5 Å². The normalized spacial score (nSPS) is 5.25. The zero-order valence-electron chi connectivity index (χ0n) is 2.32. The van der Waals surface area contributed by atoms with Gasteiger partial charge in [-0.3, -0.25) is 0 Å². The standard InChI is InChI=1S/CH3OSSi/c1-2-4-3/h1H3. The third-order valence-corrected chi connectivity index (χ3v) is 0.750. The summed E-state index contributed by atoms with van der Waals surface area (Å²) in [5.74, 6) is 0. The lowest BCUT2D eigenvalue weighted by Gasteiger charge is -1.69. The van der Waals surface area contributed by atoms with Crippen molar-refractivity contribution in [1.29, 1.82) is 0 Å². The molecule has 0 unspecified atom stereocenters. The van der Waals surface area contributed by atoms with Crippen molar-refractivity contribution in [3.63, 3.8) is 0 Å². The lowest BCUT2D eigenvalue weighted by Crippen LogP contribution is -1.67. The fourth-order valence-corrected chi connectivity index (χ4v) is 0. The maximum atomic E-state index is 4.38. The second-order valence-electron chi connectivity index (χ2n) is 0.287. The van der Waals surface area contributed by atoms with E-state index in [2.05, 4.69) is 16.1 Å². The second-order valence-corrected chi connectivity index (χ2v) is 1.36. The minimum absolute atomic E-state index is 0.224. The zero-order valence-corrected chi connectivity index (χ0v) is 4.13. The molecule has 0 aromatic carbocycles. The molecule has 0 N–H and O–H groups in total. The molecular formula is CH3OSSi. The molecule has 0 atom stereocenters. The van der Waals surface area contributed by atoms with Crippen molar-refractivity contribution in [1.82, 2.24) is 0 Å². The molecule has 0 aromatic rings. The summed E-state index contributed by atoms with van der Waals surface area (Å²) in [6.45, 7) is 0. The lowest BCUT2D eigenvalue weighted by atomic mass is 11.8. The predicted molar refractivity (Wildman–Crippen MR) is 20.4 cm³/mol. The summed E-state index contributed by atoms with van der Waals surface area (Å²) in [7, 11) is 1.81. The molecule has 4 heavy (non-hydrogen) atoms. The molecular weight excluding hydrogens is 88.2 g/mol. The summed E-state index contributed by atoms with van der Waals surface area (Å²) in [4.78, 5) is 0. The van der Waals surface area contributed by atoms with Gasteiger partial charge in [0.15, 0.2) is 0 Å². The van der Waals surface area contributed by atoms with Crippen molar-refractivity contribution in [3.05, 3.63) is 0 Å². The van der Waals surface area contributed by atoms with Crippen LogP contribution in [0.2, 0.25) is 0 Å². The molecule has 0 aliphatic heterocycles. The van der Waals surface area contributed by atoms with Gasteiger partial charge in [0, 0.05) is 0 Å². The van der Waals surface area contributed by atoms with Crippen molar-refractivity contribution >= 4 is 20.1 Å². The number of rotatable bonds is 1. The van der Waals surface area contributed by atoms with Crippen molar-refractivity contribution in [2.45, 2.75) is 0 Å². The number of hydrogen-bond acceptors (Lipinski definition) is 2. The Bertz CT molecular complexity index is 22.0. The minimum Gasteiger partial charge on any atom is -0.543 e. The molecule has 0 amide bonds. The van der Waals surface area contributed by atoms with Gasteiger partial charge in [-0.2, -0.15) is 0 Å². The average Bonchev–Trinajstić information content (AvgIpc) is 1.37. The Morgan fingerprint density at radius 2 is 2.25 bits per heavy atom. The number of hydrogen-bond donors (Lipinski definition) is 0. The van der Waals surface area contributed by atoms with Gasteiger partial charge in [-0.05, 0) is 0 Å². The lowest BCUT2D eigenvalue weighted by molar-refractivity contribution is 0.458. The summed E-state index contributed by atoms with van der Waals surface area (Å²) in [6.07, 6.45) is 0. The van der Waals surface area contributed by atoms with Crippen LogP contribution >= 0.6 is 11.6 Å². The summed E-state index contributed by atoms with van der Waals surface area (Å²) in [5.41, 5.74) is 0. The van der Waals surface area contributed by atoms with E-state index in [0.717, 1.165) is 0 Å². The molecule has 0 saturated heterocycles. The average molecular weight is 91.2 g/mol. The van der Waals surface area contributed by atoms with E-state index in [0.29, 0.717) is 0 Å². The van der Waals surface area contributed by atoms with E-state index >= 15 is 0 Å². The van der Waals surface area contributed by atoms with E-state index in [9.17, 15) is 0 Å². The fraction of sp³-hybridized carbons (Fsp3) is 1.00. The summed E-state index contributed by atoms with van der Waals surface area (Å²) in [6, 6.07) is 0. The molecule has 0 aliphatic rings. The van der Waals surface area contributed by atoms with Crippen molar-refractivity contribution in [3.8, 4) is 0 Å². The molecule has 1 radical (unpaired) electrons. The third kappa shape index (κ3) is 2.24. The Morgan fingerprint density at radius 1 is 2.00 bits per heavy atom. The highest BCUT2D eigenvalue weighted by Crippen LogP contribution is 1.42. The first-order chi connectivity index (χ1) is 1.91. The van der Waals surface area contributed by atoms with Gasteiger partial charge >= 0.3 is 8.47 Å². The Kier molecular flexibility index (Phi) is 3.43. The van der Waals surface area contributed by atoms with E-state index in [4.69, 9.17) is 0 Å². The molecule has 0 aliphatic carbocycles. The Morgan fingerprint density at radius 3 is 2.25 bits per heavy atom.